The van der Waals surface area contributed by atoms with E-state index in [1.54, 1.807) is 18.2 Å². The van der Waals surface area contributed by atoms with E-state index in [0.29, 0.717) is 6.61 Å². The predicted octanol–water partition coefficient (Wildman–Crippen LogP) is 6.42. The first-order valence-electron chi connectivity index (χ1n) is 10.2. The summed E-state index contributed by atoms with van der Waals surface area (Å²) in [6.45, 7) is 6.46. The summed E-state index contributed by atoms with van der Waals surface area (Å²) in [6, 6.07) is 22.7. The standard InChI is InChI=1S/C27H26O2/c1-3-17-29-23-15-16-26-21(18-23)10-9-19-7-5-6-8-25(19)24(4-2)27(26)20-11-13-22(28)14-12-20/h3,5-8,11-16,18,28H,1,4,9-10,17H2,2H3/b27-24-. The summed E-state index contributed by atoms with van der Waals surface area (Å²) in [4.78, 5) is 0. The van der Waals surface area contributed by atoms with Crippen LogP contribution in [0, 0.1) is 0 Å². The minimum Gasteiger partial charge on any atom is -0.508 e. The fourth-order valence-electron chi connectivity index (χ4n) is 4.19. The van der Waals surface area contributed by atoms with Crippen LogP contribution in [0.15, 0.2) is 79.4 Å². The molecule has 0 amide bonds. The number of rotatable bonds is 5. The van der Waals surface area contributed by atoms with Crippen molar-refractivity contribution in [3.63, 3.8) is 0 Å². The van der Waals surface area contributed by atoms with Crippen molar-refractivity contribution in [1.82, 2.24) is 0 Å². The fourth-order valence-corrected chi connectivity index (χ4v) is 4.19. The minimum absolute atomic E-state index is 0.284. The van der Waals surface area contributed by atoms with Crippen molar-refractivity contribution in [3.05, 3.63) is 107 Å². The summed E-state index contributed by atoms with van der Waals surface area (Å²) >= 11 is 0. The Bertz CT molecular complexity index is 1060. The molecule has 0 aromatic heterocycles. The third-order valence-corrected chi connectivity index (χ3v) is 5.53. The molecule has 4 rings (SSSR count). The van der Waals surface area contributed by atoms with Gasteiger partial charge < -0.3 is 9.84 Å². The Kier molecular flexibility index (Phi) is 5.53. The Morgan fingerprint density at radius 2 is 1.69 bits per heavy atom. The first kappa shape index (κ1) is 19.1. The molecule has 0 fully saturated rings. The van der Waals surface area contributed by atoms with E-state index < -0.39 is 0 Å². The van der Waals surface area contributed by atoms with Crippen molar-refractivity contribution in [3.8, 4) is 11.5 Å². The molecular weight excluding hydrogens is 356 g/mol. The third kappa shape index (κ3) is 3.84. The molecule has 146 valence electrons. The van der Waals surface area contributed by atoms with Gasteiger partial charge in [-0.1, -0.05) is 62.0 Å². The topological polar surface area (TPSA) is 29.5 Å². The molecule has 0 atom stereocenters. The van der Waals surface area contributed by atoms with Gasteiger partial charge in [-0.2, -0.15) is 0 Å². The van der Waals surface area contributed by atoms with Crippen LogP contribution in [0.4, 0.5) is 0 Å². The number of allylic oxidation sites excluding steroid dienone is 1. The van der Waals surface area contributed by atoms with Gasteiger partial charge in [-0.3, -0.25) is 0 Å². The third-order valence-electron chi connectivity index (χ3n) is 5.53. The summed E-state index contributed by atoms with van der Waals surface area (Å²) < 4.78 is 5.81. The smallest absolute Gasteiger partial charge is 0.120 e. The summed E-state index contributed by atoms with van der Waals surface area (Å²) in [5, 5.41) is 9.81. The van der Waals surface area contributed by atoms with Crippen LogP contribution in [0.2, 0.25) is 0 Å². The van der Waals surface area contributed by atoms with Crippen molar-refractivity contribution < 1.29 is 9.84 Å². The highest BCUT2D eigenvalue weighted by atomic mass is 16.5. The molecule has 0 aliphatic heterocycles. The number of aryl methyl sites for hydroxylation is 2. The fraction of sp³-hybridized carbons (Fsp3) is 0.185. The van der Waals surface area contributed by atoms with Crippen LogP contribution in [0.1, 0.15) is 41.2 Å². The van der Waals surface area contributed by atoms with E-state index >= 15 is 0 Å². The molecule has 0 saturated carbocycles. The van der Waals surface area contributed by atoms with E-state index in [0.717, 1.165) is 30.6 Å². The van der Waals surface area contributed by atoms with Crippen molar-refractivity contribution in [2.24, 2.45) is 0 Å². The quantitative estimate of drug-likeness (QED) is 0.516. The van der Waals surface area contributed by atoms with E-state index in [1.165, 1.54) is 33.4 Å². The Balaban J connectivity index is 1.98. The second-order valence-electron chi connectivity index (χ2n) is 7.33. The van der Waals surface area contributed by atoms with Gasteiger partial charge in [0.15, 0.2) is 0 Å². The van der Waals surface area contributed by atoms with Gasteiger partial charge in [0.1, 0.15) is 18.1 Å². The second-order valence-corrected chi connectivity index (χ2v) is 7.33. The van der Waals surface area contributed by atoms with E-state index in [9.17, 15) is 5.11 Å². The Morgan fingerprint density at radius 1 is 0.931 bits per heavy atom. The molecular formula is C27H26O2. The lowest BCUT2D eigenvalue weighted by Crippen LogP contribution is -2.07. The van der Waals surface area contributed by atoms with Crippen molar-refractivity contribution in [1.29, 1.82) is 0 Å². The number of hydrogen-bond acceptors (Lipinski definition) is 2. The number of phenols is 1. The lowest BCUT2D eigenvalue weighted by atomic mass is 9.80. The van der Waals surface area contributed by atoms with Crippen LogP contribution in [0.3, 0.4) is 0 Å². The van der Waals surface area contributed by atoms with E-state index in [-0.39, 0.29) is 5.75 Å². The van der Waals surface area contributed by atoms with Gasteiger partial charge in [0.25, 0.3) is 0 Å². The maximum atomic E-state index is 9.81. The predicted molar refractivity (Wildman–Crippen MR) is 120 cm³/mol. The second kappa shape index (κ2) is 8.40. The Morgan fingerprint density at radius 3 is 2.45 bits per heavy atom. The molecule has 0 radical (unpaired) electrons. The maximum Gasteiger partial charge on any atom is 0.120 e. The van der Waals surface area contributed by atoms with Gasteiger partial charge >= 0.3 is 0 Å². The number of fused-ring (bicyclic) bond motifs is 2. The van der Waals surface area contributed by atoms with E-state index in [1.807, 2.05) is 18.2 Å². The minimum atomic E-state index is 0.284. The molecule has 0 unspecified atom stereocenters. The summed E-state index contributed by atoms with van der Waals surface area (Å²) in [5.41, 5.74) is 8.94. The van der Waals surface area contributed by atoms with Crippen molar-refractivity contribution in [2.45, 2.75) is 26.2 Å². The highest BCUT2D eigenvalue weighted by Crippen LogP contribution is 2.40. The highest BCUT2D eigenvalue weighted by molar-refractivity contribution is 6.00. The van der Waals surface area contributed by atoms with Crippen LogP contribution in [-0.2, 0) is 12.8 Å². The molecule has 3 aromatic rings. The van der Waals surface area contributed by atoms with Gasteiger partial charge in [0, 0.05) is 0 Å². The summed E-state index contributed by atoms with van der Waals surface area (Å²) in [5.74, 6) is 1.16. The molecule has 0 saturated heterocycles. The first-order chi connectivity index (χ1) is 14.2. The van der Waals surface area contributed by atoms with Crippen molar-refractivity contribution in [2.75, 3.05) is 6.61 Å². The number of benzene rings is 3. The van der Waals surface area contributed by atoms with Crippen LogP contribution in [0.25, 0.3) is 11.1 Å². The normalized spacial score (nSPS) is 15.6. The molecule has 3 aromatic carbocycles. The molecule has 1 aliphatic carbocycles. The maximum absolute atomic E-state index is 9.81. The Hall–Kier alpha value is -3.26. The lowest BCUT2D eigenvalue weighted by Gasteiger charge is -2.24. The number of aromatic hydroxyl groups is 1. The molecule has 29 heavy (non-hydrogen) atoms. The van der Waals surface area contributed by atoms with Gasteiger partial charge in [0.05, 0.1) is 0 Å². The molecule has 0 bridgehead atoms. The van der Waals surface area contributed by atoms with E-state index in [2.05, 4.69) is 49.9 Å². The monoisotopic (exact) mass is 382 g/mol. The molecule has 1 aliphatic rings. The zero-order chi connectivity index (χ0) is 20.2. The average Bonchev–Trinajstić information content (AvgIpc) is 2.75. The summed E-state index contributed by atoms with van der Waals surface area (Å²) in [6.07, 6.45) is 4.65. The van der Waals surface area contributed by atoms with Gasteiger partial charge in [-0.15, -0.1) is 0 Å². The van der Waals surface area contributed by atoms with Crippen LogP contribution < -0.4 is 4.74 Å². The van der Waals surface area contributed by atoms with Crippen LogP contribution in [-0.4, -0.2) is 11.7 Å². The van der Waals surface area contributed by atoms with Crippen LogP contribution in [0.5, 0.6) is 11.5 Å². The number of phenolic OH excluding ortho intramolecular Hbond substituents is 1. The Labute approximate surface area is 172 Å². The highest BCUT2D eigenvalue weighted by Gasteiger charge is 2.21. The lowest BCUT2D eigenvalue weighted by molar-refractivity contribution is 0.363. The van der Waals surface area contributed by atoms with Gasteiger partial charge in [0.2, 0.25) is 0 Å². The van der Waals surface area contributed by atoms with E-state index in [4.69, 9.17) is 4.74 Å². The largest absolute Gasteiger partial charge is 0.508 e. The van der Waals surface area contributed by atoms with Crippen LogP contribution >= 0.6 is 0 Å². The number of ether oxygens (including phenoxy) is 1. The van der Waals surface area contributed by atoms with Gasteiger partial charge in [-0.25, -0.2) is 0 Å². The molecule has 2 heteroatoms. The zero-order valence-corrected chi connectivity index (χ0v) is 16.8. The van der Waals surface area contributed by atoms with Crippen molar-refractivity contribution >= 4 is 11.1 Å². The zero-order valence-electron chi connectivity index (χ0n) is 16.8. The molecule has 0 spiro atoms. The SMILES string of the molecule is C=CCOc1ccc2c(c1)CCc1ccccc1/C(CC)=C\2c1ccc(O)cc1. The average molecular weight is 383 g/mol. The molecule has 2 nitrogen and oxygen atoms in total. The first-order valence-corrected chi connectivity index (χ1v) is 10.2. The molecule has 1 N–H and O–H groups in total. The molecule has 0 heterocycles. The van der Waals surface area contributed by atoms with Gasteiger partial charge in [-0.05, 0) is 82.5 Å². The number of hydrogen-bond donors (Lipinski definition) is 1. The summed E-state index contributed by atoms with van der Waals surface area (Å²) in [7, 11) is 0.